The summed E-state index contributed by atoms with van der Waals surface area (Å²) < 4.78 is 5.63. The van der Waals surface area contributed by atoms with Gasteiger partial charge in [-0.25, -0.2) is 0 Å². The van der Waals surface area contributed by atoms with Crippen molar-refractivity contribution in [2.45, 2.75) is 25.4 Å². The van der Waals surface area contributed by atoms with Gasteiger partial charge in [0.25, 0.3) is 0 Å². The molecule has 3 rings (SSSR count). The van der Waals surface area contributed by atoms with Crippen molar-refractivity contribution < 1.29 is 4.74 Å². The molecule has 1 fully saturated rings. The Kier molecular flexibility index (Phi) is 2.41. The number of hydrogen-bond acceptors (Lipinski definition) is 1. The lowest BCUT2D eigenvalue weighted by Gasteiger charge is -2.03. The second-order valence-electron chi connectivity index (χ2n) is 4.44. The molecule has 1 aliphatic rings. The van der Waals surface area contributed by atoms with Gasteiger partial charge < -0.3 is 4.74 Å². The van der Waals surface area contributed by atoms with E-state index in [1.165, 1.54) is 22.8 Å². The van der Waals surface area contributed by atoms with E-state index in [0.717, 1.165) is 6.61 Å². The fourth-order valence-electron chi connectivity index (χ4n) is 2.36. The average Bonchev–Trinajstić information content (AvgIpc) is 3.08. The van der Waals surface area contributed by atoms with Crippen LogP contribution in [0.2, 0.25) is 0 Å². The van der Waals surface area contributed by atoms with E-state index in [-0.39, 0.29) is 0 Å². The molecule has 2 unspecified atom stereocenters. The molecule has 0 saturated heterocycles. The first-order chi connectivity index (χ1) is 7.88. The third-order valence-electron chi connectivity index (χ3n) is 3.31. The molecule has 0 N–H and O–H groups in total. The summed E-state index contributed by atoms with van der Waals surface area (Å²) in [5.74, 6) is 0.629. The zero-order chi connectivity index (χ0) is 11.0. The summed E-state index contributed by atoms with van der Waals surface area (Å²) >= 11 is 0. The van der Waals surface area contributed by atoms with Crippen molar-refractivity contribution in [3.63, 3.8) is 0 Å². The van der Waals surface area contributed by atoms with Crippen molar-refractivity contribution in [1.82, 2.24) is 0 Å². The summed E-state index contributed by atoms with van der Waals surface area (Å²) in [6.45, 7) is 2.89. The molecule has 0 aliphatic heterocycles. The summed E-state index contributed by atoms with van der Waals surface area (Å²) in [6.07, 6.45) is 1.65. The molecular weight excluding hydrogens is 196 g/mol. The summed E-state index contributed by atoms with van der Waals surface area (Å²) in [5, 5.41) is 2.65. The SMILES string of the molecule is CCOC1CC1c1ccc2ccccc2c1. The number of hydrogen-bond donors (Lipinski definition) is 0. The van der Waals surface area contributed by atoms with Gasteiger partial charge in [0.2, 0.25) is 0 Å². The topological polar surface area (TPSA) is 9.23 Å². The lowest BCUT2D eigenvalue weighted by molar-refractivity contribution is 0.128. The summed E-state index contributed by atoms with van der Waals surface area (Å²) in [5.41, 5.74) is 1.43. The molecule has 0 radical (unpaired) electrons. The zero-order valence-corrected chi connectivity index (χ0v) is 9.52. The van der Waals surface area contributed by atoms with E-state index >= 15 is 0 Å². The Hall–Kier alpha value is -1.34. The Labute approximate surface area is 96.0 Å². The number of rotatable bonds is 3. The van der Waals surface area contributed by atoms with Crippen LogP contribution in [-0.2, 0) is 4.74 Å². The Morgan fingerprint density at radius 2 is 1.94 bits per heavy atom. The Bertz CT molecular complexity index is 504. The highest BCUT2D eigenvalue weighted by Gasteiger charge is 2.39. The van der Waals surface area contributed by atoms with E-state index in [4.69, 9.17) is 4.74 Å². The Balaban J connectivity index is 1.89. The van der Waals surface area contributed by atoms with Gasteiger partial charge in [0.15, 0.2) is 0 Å². The van der Waals surface area contributed by atoms with Crippen molar-refractivity contribution in [3.05, 3.63) is 48.0 Å². The normalized spacial score (nSPS) is 23.6. The Morgan fingerprint density at radius 3 is 2.75 bits per heavy atom. The third-order valence-corrected chi connectivity index (χ3v) is 3.31. The van der Waals surface area contributed by atoms with Crippen molar-refractivity contribution in [2.75, 3.05) is 6.61 Å². The average molecular weight is 212 g/mol. The van der Waals surface area contributed by atoms with Crippen molar-refractivity contribution >= 4 is 10.8 Å². The molecule has 2 aromatic carbocycles. The fourth-order valence-corrected chi connectivity index (χ4v) is 2.36. The second-order valence-corrected chi connectivity index (χ2v) is 4.44. The minimum Gasteiger partial charge on any atom is -0.378 e. The van der Waals surface area contributed by atoms with Gasteiger partial charge in [0.1, 0.15) is 0 Å². The van der Waals surface area contributed by atoms with Gasteiger partial charge in [-0.3, -0.25) is 0 Å². The number of fused-ring (bicyclic) bond motifs is 1. The first-order valence-corrected chi connectivity index (χ1v) is 5.99. The van der Waals surface area contributed by atoms with Crippen molar-refractivity contribution in [1.29, 1.82) is 0 Å². The predicted octanol–water partition coefficient (Wildman–Crippen LogP) is 3.73. The van der Waals surface area contributed by atoms with Gasteiger partial charge >= 0.3 is 0 Å². The van der Waals surface area contributed by atoms with E-state index in [1.807, 2.05) is 0 Å². The van der Waals surface area contributed by atoms with Crippen LogP contribution in [0.4, 0.5) is 0 Å². The highest BCUT2D eigenvalue weighted by molar-refractivity contribution is 5.83. The molecule has 2 aromatic rings. The fraction of sp³-hybridized carbons (Fsp3) is 0.333. The van der Waals surface area contributed by atoms with Gasteiger partial charge in [0.05, 0.1) is 6.10 Å². The monoisotopic (exact) mass is 212 g/mol. The van der Waals surface area contributed by atoms with E-state index in [2.05, 4.69) is 49.4 Å². The van der Waals surface area contributed by atoms with Crippen LogP contribution in [0.25, 0.3) is 10.8 Å². The van der Waals surface area contributed by atoms with Gasteiger partial charge in [-0.05, 0) is 29.7 Å². The van der Waals surface area contributed by atoms with Gasteiger partial charge in [-0.2, -0.15) is 0 Å². The van der Waals surface area contributed by atoms with Crippen LogP contribution in [0, 0.1) is 0 Å². The Morgan fingerprint density at radius 1 is 1.12 bits per heavy atom. The zero-order valence-electron chi connectivity index (χ0n) is 9.52. The van der Waals surface area contributed by atoms with E-state index in [9.17, 15) is 0 Å². The predicted molar refractivity (Wildman–Crippen MR) is 66.7 cm³/mol. The van der Waals surface area contributed by atoms with Gasteiger partial charge in [-0.15, -0.1) is 0 Å². The largest absolute Gasteiger partial charge is 0.378 e. The van der Waals surface area contributed by atoms with Crippen LogP contribution in [0.5, 0.6) is 0 Å². The third kappa shape index (κ3) is 1.72. The van der Waals surface area contributed by atoms with Crippen molar-refractivity contribution in [2.24, 2.45) is 0 Å². The molecule has 82 valence electrons. The maximum atomic E-state index is 5.63. The summed E-state index contributed by atoms with van der Waals surface area (Å²) in [4.78, 5) is 0. The molecule has 1 saturated carbocycles. The van der Waals surface area contributed by atoms with Crippen LogP contribution in [0.1, 0.15) is 24.8 Å². The smallest absolute Gasteiger partial charge is 0.0651 e. The first-order valence-electron chi connectivity index (χ1n) is 5.99. The van der Waals surface area contributed by atoms with Crippen molar-refractivity contribution in [3.8, 4) is 0 Å². The molecule has 0 spiro atoms. The molecule has 1 aliphatic carbocycles. The quantitative estimate of drug-likeness (QED) is 0.753. The molecular formula is C15H16O. The summed E-state index contributed by atoms with van der Waals surface area (Å²) in [7, 11) is 0. The standard InChI is InChI=1S/C15H16O/c1-2-16-15-10-14(15)13-8-7-11-5-3-4-6-12(11)9-13/h3-9,14-15H,2,10H2,1H3. The molecule has 0 amide bonds. The first kappa shape index (κ1) is 9.86. The highest BCUT2D eigenvalue weighted by atomic mass is 16.5. The molecule has 0 bridgehead atoms. The minimum atomic E-state index is 0.464. The molecule has 2 atom stereocenters. The molecule has 0 aromatic heterocycles. The molecule has 16 heavy (non-hydrogen) atoms. The highest BCUT2D eigenvalue weighted by Crippen LogP contribution is 2.43. The van der Waals surface area contributed by atoms with E-state index in [1.54, 1.807) is 0 Å². The maximum Gasteiger partial charge on any atom is 0.0651 e. The second kappa shape index (κ2) is 3.91. The molecule has 1 nitrogen and oxygen atoms in total. The van der Waals surface area contributed by atoms with Crippen LogP contribution in [0.3, 0.4) is 0 Å². The number of benzene rings is 2. The van der Waals surface area contributed by atoms with Crippen LogP contribution in [0.15, 0.2) is 42.5 Å². The number of ether oxygens (including phenoxy) is 1. The molecule has 1 heteroatoms. The molecule has 0 heterocycles. The van der Waals surface area contributed by atoms with E-state index in [0.29, 0.717) is 12.0 Å². The van der Waals surface area contributed by atoms with E-state index < -0.39 is 0 Å². The lowest BCUT2D eigenvalue weighted by atomic mass is 10.0. The lowest BCUT2D eigenvalue weighted by Crippen LogP contribution is -1.95. The minimum absolute atomic E-state index is 0.464. The van der Waals surface area contributed by atoms with Gasteiger partial charge in [0, 0.05) is 12.5 Å². The van der Waals surface area contributed by atoms with Crippen LogP contribution < -0.4 is 0 Å². The van der Waals surface area contributed by atoms with Gasteiger partial charge in [-0.1, -0.05) is 42.5 Å². The van der Waals surface area contributed by atoms with Crippen LogP contribution >= 0.6 is 0 Å². The van der Waals surface area contributed by atoms with Crippen LogP contribution in [-0.4, -0.2) is 12.7 Å². The maximum absolute atomic E-state index is 5.63. The summed E-state index contributed by atoms with van der Waals surface area (Å²) in [6, 6.07) is 15.3.